The van der Waals surface area contributed by atoms with E-state index >= 15 is 0 Å². The largest absolute Gasteiger partial charge is 0.294 e. The number of thiophene rings is 1. The molecule has 2 nitrogen and oxygen atoms in total. The first-order valence-corrected chi connectivity index (χ1v) is 5.76. The van der Waals surface area contributed by atoms with Gasteiger partial charge in [0.05, 0.1) is 0 Å². The number of aryl methyl sites for hydroxylation is 1. The summed E-state index contributed by atoms with van der Waals surface area (Å²) in [6.45, 7) is 0. The standard InChI is InChI=1S/C12H11NOS/c14-12(10-6-8-15-9-10)5-4-11-3-1-2-7-13-11/h1-3,6-9H,4-5H2. The summed E-state index contributed by atoms with van der Waals surface area (Å²) in [5.74, 6) is 0.196. The molecule has 2 aromatic rings. The molecule has 0 saturated heterocycles. The summed E-state index contributed by atoms with van der Waals surface area (Å²) in [6.07, 6.45) is 3.01. The second-order valence-corrected chi connectivity index (χ2v) is 4.04. The maximum absolute atomic E-state index is 11.7. The van der Waals surface area contributed by atoms with Crippen molar-refractivity contribution in [2.75, 3.05) is 0 Å². The van der Waals surface area contributed by atoms with Crippen LogP contribution in [0.2, 0.25) is 0 Å². The fourth-order valence-corrected chi connectivity index (χ4v) is 2.02. The Bertz CT molecular complexity index is 422. The third-order valence-electron chi connectivity index (χ3n) is 2.18. The molecule has 0 aromatic carbocycles. The van der Waals surface area contributed by atoms with Crippen molar-refractivity contribution in [1.82, 2.24) is 4.98 Å². The molecule has 15 heavy (non-hydrogen) atoms. The summed E-state index contributed by atoms with van der Waals surface area (Å²) in [6, 6.07) is 7.63. The Balaban J connectivity index is 1.92. The van der Waals surface area contributed by atoms with Crippen molar-refractivity contribution < 1.29 is 4.79 Å². The number of aromatic nitrogens is 1. The Morgan fingerprint density at radius 3 is 2.93 bits per heavy atom. The van der Waals surface area contributed by atoms with Crippen LogP contribution >= 0.6 is 11.3 Å². The number of carbonyl (C=O) groups is 1. The molecule has 0 amide bonds. The zero-order valence-corrected chi connectivity index (χ0v) is 9.04. The summed E-state index contributed by atoms with van der Waals surface area (Å²) < 4.78 is 0. The van der Waals surface area contributed by atoms with E-state index in [2.05, 4.69) is 4.98 Å². The lowest BCUT2D eigenvalue weighted by Gasteiger charge is -1.98. The molecule has 3 heteroatoms. The highest BCUT2D eigenvalue weighted by Gasteiger charge is 2.06. The molecule has 2 aromatic heterocycles. The van der Waals surface area contributed by atoms with Gasteiger partial charge in [0.2, 0.25) is 0 Å². The highest BCUT2D eigenvalue weighted by molar-refractivity contribution is 7.08. The van der Waals surface area contributed by atoms with E-state index in [0.29, 0.717) is 6.42 Å². The van der Waals surface area contributed by atoms with Gasteiger partial charge in [0, 0.05) is 29.3 Å². The predicted octanol–water partition coefficient (Wildman–Crippen LogP) is 2.96. The monoisotopic (exact) mass is 217 g/mol. The number of hydrogen-bond donors (Lipinski definition) is 0. The average Bonchev–Trinajstić information content (AvgIpc) is 2.81. The minimum Gasteiger partial charge on any atom is -0.294 e. The number of carbonyl (C=O) groups excluding carboxylic acids is 1. The number of hydrogen-bond acceptors (Lipinski definition) is 3. The van der Waals surface area contributed by atoms with E-state index in [9.17, 15) is 4.79 Å². The highest BCUT2D eigenvalue weighted by Crippen LogP contribution is 2.10. The Morgan fingerprint density at radius 1 is 1.33 bits per heavy atom. The minimum atomic E-state index is 0.196. The predicted molar refractivity (Wildman–Crippen MR) is 61.2 cm³/mol. The van der Waals surface area contributed by atoms with E-state index in [-0.39, 0.29) is 5.78 Å². The summed E-state index contributed by atoms with van der Waals surface area (Å²) in [7, 11) is 0. The van der Waals surface area contributed by atoms with Gasteiger partial charge in [-0.3, -0.25) is 9.78 Å². The van der Waals surface area contributed by atoms with Gasteiger partial charge >= 0.3 is 0 Å². The third-order valence-corrected chi connectivity index (χ3v) is 2.86. The SMILES string of the molecule is O=C(CCc1ccccn1)c1ccsc1. The number of Topliss-reactive ketones (excluding diaryl/α,β-unsaturated/α-hetero) is 1. The lowest BCUT2D eigenvalue weighted by molar-refractivity contribution is 0.0983. The third kappa shape index (κ3) is 2.73. The van der Waals surface area contributed by atoms with Gasteiger partial charge in [0.15, 0.2) is 5.78 Å². The molecule has 0 N–H and O–H groups in total. The molecular weight excluding hydrogens is 206 g/mol. The van der Waals surface area contributed by atoms with Crippen LogP contribution in [0.5, 0.6) is 0 Å². The lowest BCUT2D eigenvalue weighted by Crippen LogP contribution is -2.00. The fourth-order valence-electron chi connectivity index (χ4n) is 1.36. The van der Waals surface area contributed by atoms with E-state index in [4.69, 9.17) is 0 Å². The average molecular weight is 217 g/mol. The molecule has 76 valence electrons. The van der Waals surface area contributed by atoms with Gasteiger partial charge in [0.25, 0.3) is 0 Å². The van der Waals surface area contributed by atoms with Gasteiger partial charge in [-0.2, -0.15) is 11.3 Å². The van der Waals surface area contributed by atoms with E-state index in [1.54, 1.807) is 17.5 Å². The van der Waals surface area contributed by atoms with Crippen LogP contribution in [0, 0.1) is 0 Å². The van der Waals surface area contributed by atoms with Crippen LogP contribution in [0.3, 0.4) is 0 Å². The number of pyridine rings is 1. The van der Waals surface area contributed by atoms with E-state index in [0.717, 1.165) is 17.7 Å². The van der Waals surface area contributed by atoms with Crippen LogP contribution < -0.4 is 0 Å². The maximum atomic E-state index is 11.7. The van der Waals surface area contributed by atoms with Gasteiger partial charge in [0.1, 0.15) is 0 Å². The van der Waals surface area contributed by atoms with Crippen molar-refractivity contribution in [3.05, 3.63) is 52.5 Å². The van der Waals surface area contributed by atoms with Gasteiger partial charge in [-0.25, -0.2) is 0 Å². The topological polar surface area (TPSA) is 30.0 Å². The second kappa shape index (κ2) is 4.84. The van der Waals surface area contributed by atoms with Crippen molar-refractivity contribution >= 4 is 17.1 Å². The summed E-state index contributed by atoms with van der Waals surface area (Å²) >= 11 is 1.55. The first-order valence-electron chi connectivity index (χ1n) is 4.81. The number of rotatable bonds is 4. The number of ketones is 1. The highest BCUT2D eigenvalue weighted by atomic mass is 32.1. The van der Waals surface area contributed by atoms with Gasteiger partial charge in [-0.05, 0) is 30.0 Å². The molecule has 0 aliphatic heterocycles. The van der Waals surface area contributed by atoms with Crippen molar-refractivity contribution in [3.8, 4) is 0 Å². The van der Waals surface area contributed by atoms with Crippen LogP contribution in [0.15, 0.2) is 41.2 Å². The van der Waals surface area contributed by atoms with Crippen molar-refractivity contribution in [2.24, 2.45) is 0 Å². The zero-order valence-electron chi connectivity index (χ0n) is 8.22. The lowest BCUT2D eigenvalue weighted by atomic mass is 10.1. The van der Waals surface area contributed by atoms with Gasteiger partial charge < -0.3 is 0 Å². The molecular formula is C12H11NOS. The molecule has 0 aliphatic rings. The summed E-state index contributed by atoms with van der Waals surface area (Å²) in [5.41, 5.74) is 1.79. The number of nitrogens with zero attached hydrogens (tertiary/aromatic N) is 1. The second-order valence-electron chi connectivity index (χ2n) is 3.26. The smallest absolute Gasteiger partial charge is 0.164 e. The first kappa shape index (κ1) is 10.1. The molecule has 0 bridgehead atoms. The van der Waals surface area contributed by atoms with Crippen LogP contribution in [0.1, 0.15) is 22.5 Å². The molecule has 0 fully saturated rings. The Labute approximate surface area is 92.6 Å². The maximum Gasteiger partial charge on any atom is 0.164 e. The Morgan fingerprint density at radius 2 is 2.27 bits per heavy atom. The van der Waals surface area contributed by atoms with Crippen LogP contribution in [-0.4, -0.2) is 10.8 Å². The van der Waals surface area contributed by atoms with E-state index in [1.165, 1.54) is 0 Å². The van der Waals surface area contributed by atoms with E-state index < -0.39 is 0 Å². The first-order chi connectivity index (χ1) is 7.36. The molecule has 0 unspecified atom stereocenters. The van der Waals surface area contributed by atoms with Gasteiger partial charge in [-0.15, -0.1) is 0 Å². The summed E-state index contributed by atoms with van der Waals surface area (Å²) in [4.78, 5) is 15.8. The normalized spacial score (nSPS) is 10.1. The van der Waals surface area contributed by atoms with Crippen LogP contribution in [0.4, 0.5) is 0 Å². The molecule has 0 saturated carbocycles. The molecule has 0 radical (unpaired) electrons. The van der Waals surface area contributed by atoms with E-state index in [1.807, 2.05) is 35.0 Å². The minimum absolute atomic E-state index is 0.196. The summed E-state index contributed by atoms with van der Waals surface area (Å²) in [5, 5.41) is 3.81. The molecule has 2 rings (SSSR count). The van der Waals surface area contributed by atoms with Crippen molar-refractivity contribution in [3.63, 3.8) is 0 Å². The molecule has 0 aliphatic carbocycles. The molecule has 2 heterocycles. The van der Waals surface area contributed by atoms with Crippen LogP contribution in [0.25, 0.3) is 0 Å². The molecule has 0 atom stereocenters. The Hall–Kier alpha value is -1.48. The fraction of sp³-hybridized carbons (Fsp3) is 0.167. The van der Waals surface area contributed by atoms with Gasteiger partial charge in [-0.1, -0.05) is 6.07 Å². The zero-order chi connectivity index (χ0) is 10.5. The van der Waals surface area contributed by atoms with Crippen molar-refractivity contribution in [1.29, 1.82) is 0 Å². The van der Waals surface area contributed by atoms with Crippen molar-refractivity contribution in [2.45, 2.75) is 12.8 Å². The molecule has 0 spiro atoms. The van der Waals surface area contributed by atoms with Crippen LogP contribution in [-0.2, 0) is 6.42 Å². The Kier molecular flexibility index (Phi) is 3.25. The quantitative estimate of drug-likeness (QED) is 0.737.